The van der Waals surface area contributed by atoms with Crippen LogP contribution in [0, 0.1) is 16.0 Å². The van der Waals surface area contributed by atoms with Gasteiger partial charge in [0.05, 0.1) is 17.7 Å². The van der Waals surface area contributed by atoms with E-state index in [1.54, 1.807) is 0 Å². The predicted octanol–water partition coefficient (Wildman–Crippen LogP) is 0.238. The van der Waals surface area contributed by atoms with Crippen molar-refractivity contribution in [1.82, 2.24) is 5.43 Å². The highest BCUT2D eigenvalue weighted by Gasteiger charge is 2.55. The first kappa shape index (κ1) is 15.9. The van der Waals surface area contributed by atoms with Crippen molar-refractivity contribution in [2.75, 3.05) is 12.0 Å². The zero-order chi connectivity index (χ0) is 17.6. The molecule has 2 heterocycles. The van der Waals surface area contributed by atoms with Gasteiger partial charge >= 0.3 is 5.97 Å². The number of hydrazone groups is 1. The number of nitrogens with one attached hydrogen (secondary N) is 1. The minimum atomic E-state index is -1.14. The number of methoxy groups -OCH3 is 1. The molecular weight excluding hydrogens is 344 g/mol. The highest BCUT2D eigenvalue weighted by atomic mass is 35.5. The zero-order valence-corrected chi connectivity index (χ0v) is 12.8. The lowest BCUT2D eigenvalue weighted by Crippen LogP contribution is -2.36. The molecule has 1 N–H and O–H groups in total. The fourth-order valence-corrected chi connectivity index (χ4v) is 2.78. The standard InChI is InChI=1S/C13H9ClN4O6/c1-24-13(21)10-8-9(15-16-10)12(20)17(11(8)19)5-2-3-6(14)7(4-5)18(22)23/h2-4,8-9,15H,1H3/t8-,9-/m0/s1. The number of nitrogens with zero attached hydrogens (tertiary/aromatic N) is 3. The van der Waals surface area contributed by atoms with Crippen LogP contribution in [-0.2, 0) is 19.1 Å². The Kier molecular flexibility index (Phi) is 3.68. The number of nitro benzene ring substituents is 1. The molecule has 0 spiro atoms. The molecule has 1 aromatic rings. The van der Waals surface area contributed by atoms with Gasteiger partial charge in [0.1, 0.15) is 17.0 Å². The van der Waals surface area contributed by atoms with Gasteiger partial charge < -0.3 is 4.74 Å². The fourth-order valence-electron chi connectivity index (χ4n) is 2.60. The molecule has 1 fully saturated rings. The number of carbonyl (C=O) groups is 3. The Balaban J connectivity index is 2.00. The lowest BCUT2D eigenvalue weighted by Gasteiger charge is -2.15. The van der Waals surface area contributed by atoms with Gasteiger partial charge in [0.25, 0.3) is 11.6 Å². The molecule has 11 heteroatoms. The van der Waals surface area contributed by atoms with Gasteiger partial charge in [-0.15, -0.1) is 0 Å². The largest absolute Gasteiger partial charge is 0.464 e. The third-order valence-corrected chi connectivity index (χ3v) is 4.02. The van der Waals surface area contributed by atoms with Gasteiger partial charge in [-0.1, -0.05) is 11.6 Å². The van der Waals surface area contributed by atoms with Gasteiger partial charge in [-0.05, 0) is 12.1 Å². The van der Waals surface area contributed by atoms with E-state index in [9.17, 15) is 24.5 Å². The molecule has 0 aliphatic carbocycles. The second-order valence-electron chi connectivity index (χ2n) is 4.98. The van der Waals surface area contributed by atoms with Crippen molar-refractivity contribution in [2.45, 2.75) is 6.04 Å². The second kappa shape index (κ2) is 5.57. The summed E-state index contributed by atoms with van der Waals surface area (Å²) in [6.45, 7) is 0. The Labute approximate surface area is 139 Å². The molecule has 1 saturated heterocycles. The number of ether oxygens (including phenoxy) is 1. The van der Waals surface area contributed by atoms with Crippen LogP contribution in [-0.4, -0.2) is 41.6 Å². The Hall–Kier alpha value is -3.01. The quantitative estimate of drug-likeness (QED) is 0.356. The lowest BCUT2D eigenvalue weighted by atomic mass is 9.99. The summed E-state index contributed by atoms with van der Waals surface area (Å²) in [6.07, 6.45) is 0. The number of carbonyl (C=O) groups excluding carboxylic acids is 3. The normalized spacial score (nSPS) is 22.1. The van der Waals surface area contributed by atoms with E-state index in [0.717, 1.165) is 18.1 Å². The van der Waals surface area contributed by atoms with Crippen molar-refractivity contribution < 1.29 is 24.0 Å². The first-order chi connectivity index (χ1) is 11.4. The molecule has 0 saturated carbocycles. The molecule has 3 rings (SSSR count). The summed E-state index contributed by atoms with van der Waals surface area (Å²) in [4.78, 5) is 47.7. The van der Waals surface area contributed by atoms with E-state index in [2.05, 4.69) is 15.3 Å². The van der Waals surface area contributed by atoms with E-state index < -0.39 is 40.4 Å². The Bertz CT molecular complexity index is 823. The van der Waals surface area contributed by atoms with E-state index in [4.69, 9.17) is 11.6 Å². The average molecular weight is 353 g/mol. The maximum absolute atomic E-state index is 12.6. The molecule has 124 valence electrons. The lowest BCUT2D eigenvalue weighted by molar-refractivity contribution is -0.384. The summed E-state index contributed by atoms with van der Waals surface area (Å²) in [7, 11) is 1.12. The molecule has 0 bridgehead atoms. The Morgan fingerprint density at radius 1 is 1.42 bits per heavy atom. The van der Waals surface area contributed by atoms with Crippen LogP contribution in [0.4, 0.5) is 11.4 Å². The number of rotatable bonds is 3. The van der Waals surface area contributed by atoms with E-state index in [-0.39, 0.29) is 16.4 Å². The van der Waals surface area contributed by atoms with Crippen LogP contribution < -0.4 is 10.3 Å². The van der Waals surface area contributed by atoms with Crippen LogP contribution in [0.1, 0.15) is 0 Å². The number of esters is 1. The second-order valence-corrected chi connectivity index (χ2v) is 5.38. The fraction of sp³-hybridized carbons (Fsp3) is 0.231. The number of amides is 2. The number of halogens is 1. The maximum Gasteiger partial charge on any atom is 0.355 e. The molecule has 2 aliphatic heterocycles. The van der Waals surface area contributed by atoms with E-state index in [0.29, 0.717) is 0 Å². The van der Waals surface area contributed by atoms with Gasteiger partial charge in [-0.25, -0.2) is 9.69 Å². The predicted molar refractivity (Wildman–Crippen MR) is 80.5 cm³/mol. The number of imide groups is 1. The van der Waals surface area contributed by atoms with Crippen LogP contribution in [0.2, 0.25) is 5.02 Å². The molecule has 0 unspecified atom stereocenters. The van der Waals surface area contributed by atoms with Crippen LogP contribution in [0.25, 0.3) is 0 Å². The molecule has 1 aromatic carbocycles. The summed E-state index contributed by atoms with van der Waals surface area (Å²) in [5.41, 5.74) is 1.76. The molecule has 24 heavy (non-hydrogen) atoms. The van der Waals surface area contributed by atoms with Crippen molar-refractivity contribution in [3.8, 4) is 0 Å². The van der Waals surface area contributed by atoms with Crippen LogP contribution in [0.3, 0.4) is 0 Å². The summed E-state index contributed by atoms with van der Waals surface area (Å²) >= 11 is 5.73. The minimum Gasteiger partial charge on any atom is -0.464 e. The highest BCUT2D eigenvalue weighted by molar-refractivity contribution is 6.46. The monoisotopic (exact) mass is 352 g/mol. The molecule has 0 aromatic heterocycles. The summed E-state index contributed by atoms with van der Waals surface area (Å²) in [5, 5.41) is 14.5. The SMILES string of the molecule is COC(=O)C1=NN[C@@H]2C(=O)N(c3ccc(Cl)c([N+](=O)[O-])c3)C(=O)[C@H]12. The van der Waals surface area contributed by atoms with E-state index in [1.807, 2.05) is 0 Å². The van der Waals surface area contributed by atoms with Gasteiger partial charge in [-0.2, -0.15) is 5.10 Å². The maximum atomic E-state index is 12.6. The van der Waals surface area contributed by atoms with Crippen LogP contribution >= 0.6 is 11.6 Å². The third-order valence-electron chi connectivity index (χ3n) is 3.70. The van der Waals surface area contributed by atoms with Gasteiger partial charge in [0.2, 0.25) is 5.91 Å². The van der Waals surface area contributed by atoms with Crippen LogP contribution in [0.15, 0.2) is 23.3 Å². The molecule has 2 aliphatic rings. The van der Waals surface area contributed by atoms with Gasteiger partial charge in [0, 0.05) is 6.07 Å². The first-order valence-corrected chi connectivity index (χ1v) is 6.97. The summed E-state index contributed by atoms with van der Waals surface area (Å²) in [5.74, 6) is -3.38. The van der Waals surface area contributed by atoms with Crippen molar-refractivity contribution >= 4 is 46.5 Å². The van der Waals surface area contributed by atoms with Crippen molar-refractivity contribution in [1.29, 1.82) is 0 Å². The molecule has 10 nitrogen and oxygen atoms in total. The van der Waals surface area contributed by atoms with Crippen molar-refractivity contribution in [2.24, 2.45) is 11.0 Å². The highest BCUT2D eigenvalue weighted by Crippen LogP contribution is 2.34. The van der Waals surface area contributed by atoms with Crippen LogP contribution in [0.5, 0.6) is 0 Å². The number of hydrogen-bond acceptors (Lipinski definition) is 8. The van der Waals surface area contributed by atoms with Gasteiger partial charge in [-0.3, -0.25) is 25.1 Å². The number of nitro groups is 1. The summed E-state index contributed by atoms with van der Waals surface area (Å²) < 4.78 is 4.53. The topological polar surface area (TPSA) is 131 Å². The molecule has 2 atom stereocenters. The molecule has 2 amide bonds. The zero-order valence-electron chi connectivity index (χ0n) is 12.1. The number of benzene rings is 1. The number of anilines is 1. The first-order valence-electron chi connectivity index (χ1n) is 6.60. The Morgan fingerprint density at radius 2 is 2.12 bits per heavy atom. The third kappa shape index (κ3) is 2.19. The van der Waals surface area contributed by atoms with Crippen molar-refractivity contribution in [3.63, 3.8) is 0 Å². The van der Waals surface area contributed by atoms with Crippen molar-refractivity contribution in [3.05, 3.63) is 33.3 Å². The molecule has 0 radical (unpaired) electrons. The molecular formula is C13H9ClN4O6. The van der Waals surface area contributed by atoms with E-state index in [1.165, 1.54) is 12.1 Å². The number of hydrogen-bond donors (Lipinski definition) is 1. The number of fused-ring (bicyclic) bond motifs is 1. The minimum absolute atomic E-state index is 0.0125. The average Bonchev–Trinajstić information content (AvgIpc) is 3.08. The smallest absolute Gasteiger partial charge is 0.355 e. The van der Waals surface area contributed by atoms with Gasteiger partial charge in [0.15, 0.2) is 5.71 Å². The summed E-state index contributed by atoms with van der Waals surface area (Å²) in [6, 6.07) is 2.49. The van der Waals surface area contributed by atoms with E-state index >= 15 is 0 Å². The Morgan fingerprint density at radius 3 is 2.75 bits per heavy atom.